The fourth-order valence-corrected chi connectivity index (χ4v) is 2.70. The van der Waals surface area contributed by atoms with Crippen molar-refractivity contribution in [1.82, 2.24) is 5.32 Å². The maximum atomic E-state index is 12.3. The molecule has 1 unspecified atom stereocenters. The molecule has 0 saturated carbocycles. The third kappa shape index (κ3) is 4.29. The van der Waals surface area contributed by atoms with Crippen LogP contribution in [0, 0.1) is 0 Å². The normalized spacial score (nSPS) is 12.3. The zero-order chi connectivity index (χ0) is 15.2. The predicted octanol–water partition coefficient (Wildman–Crippen LogP) is 3.85. The zero-order valence-electron chi connectivity index (χ0n) is 12.2. The molecule has 3 nitrogen and oxygen atoms in total. The Morgan fingerprint density at radius 1 is 1.24 bits per heavy atom. The molecule has 0 aromatic heterocycles. The summed E-state index contributed by atoms with van der Waals surface area (Å²) in [5.41, 5.74) is 6.41. The van der Waals surface area contributed by atoms with E-state index in [1.165, 1.54) is 0 Å². The lowest BCUT2D eigenvalue weighted by atomic mass is 10.1. The molecular formula is C17H21BrN2O. The van der Waals surface area contributed by atoms with Gasteiger partial charge in [-0.15, -0.1) is 0 Å². The summed E-state index contributed by atoms with van der Waals surface area (Å²) in [6.07, 6.45) is 3.12. The van der Waals surface area contributed by atoms with Gasteiger partial charge in [-0.05, 0) is 41.5 Å². The van der Waals surface area contributed by atoms with Crippen molar-refractivity contribution in [2.45, 2.75) is 32.2 Å². The summed E-state index contributed by atoms with van der Waals surface area (Å²) in [7, 11) is 0. The van der Waals surface area contributed by atoms with Crippen LogP contribution in [-0.4, -0.2) is 18.5 Å². The fraction of sp³-hybridized carbons (Fsp3) is 0.353. The summed E-state index contributed by atoms with van der Waals surface area (Å²) in [6, 6.07) is 11.8. The highest BCUT2D eigenvalue weighted by atomic mass is 79.9. The van der Waals surface area contributed by atoms with Gasteiger partial charge in [0, 0.05) is 22.6 Å². The number of nitrogens with one attached hydrogen (secondary N) is 1. The SMILES string of the molecule is CCCCC(CN)NC(=O)c1ccc2cc(Br)ccc2c1. The summed E-state index contributed by atoms with van der Waals surface area (Å²) >= 11 is 3.45. The van der Waals surface area contributed by atoms with Gasteiger partial charge in [0.2, 0.25) is 0 Å². The Hall–Kier alpha value is -1.39. The number of unbranched alkanes of at least 4 members (excludes halogenated alkanes) is 1. The third-order valence-electron chi connectivity index (χ3n) is 3.59. The number of benzene rings is 2. The molecule has 0 fully saturated rings. The molecule has 2 aromatic carbocycles. The van der Waals surface area contributed by atoms with E-state index in [1.807, 2.05) is 36.4 Å². The van der Waals surface area contributed by atoms with Crippen LogP contribution >= 0.6 is 15.9 Å². The second-order valence-electron chi connectivity index (χ2n) is 5.25. The molecule has 2 rings (SSSR count). The molecule has 0 spiro atoms. The van der Waals surface area contributed by atoms with Crippen LogP contribution in [0.4, 0.5) is 0 Å². The van der Waals surface area contributed by atoms with Gasteiger partial charge in [-0.1, -0.05) is 47.8 Å². The van der Waals surface area contributed by atoms with Gasteiger partial charge in [0.15, 0.2) is 0 Å². The van der Waals surface area contributed by atoms with Crippen LogP contribution in [0.1, 0.15) is 36.5 Å². The molecule has 0 radical (unpaired) electrons. The number of hydrogen-bond donors (Lipinski definition) is 2. The van der Waals surface area contributed by atoms with E-state index < -0.39 is 0 Å². The number of carbonyl (C=O) groups excluding carboxylic acids is 1. The van der Waals surface area contributed by atoms with Crippen LogP contribution in [0.25, 0.3) is 10.8 Å². The van der Waals surface area contributed by atoms with E-state index in [4.69, 9.17) is 5.73 Å². The molecule has 4 heteroatoms. The average Bonchev–Trinajstić information content (AvgIpc) is 2.50. The Bertz CT molecular complexity index is 627. The van der Waals surface area contributed by atoms with Gasteiger partial charge in [-0.2, -0.15) is 0 Å². The van der Waals surface area contributed by atoms with Crippen molar-refractivity contribution in [3.05, 3.63) is 46.4 Å². The van der Waals surface area contributed by atoms with Crippen LogP contribution < -0.4 is 11.1 Å². The number of hydrogen-bond acceptors (Lipinski definition) is 2. The third-order valence-corrected chi connectivity index (χ3v) is 4.08. The second kappa shape index (κ2) is 7.57. The van der Waals surface area contributed by atoms with Crippen LogP contribution in [0.2, 0.25) is 0 Å². The molecule has 0 bridgehead atoms. The molecule has 2 aromatic rings. The molecule has 0 aliphatic heterocycles. The first-order chi connectivity index (χ1) is 10.1. The number of carbonyl (C=O) groups is 1. The Kier molecular flexibility index (Phi) is 5.76. The number of amides is 1. The van der Waals surface area contributed by atoms with Gasteiger partial charge < -0.3 is 11.1 Å². The van der Waals surface area contributed by atoms with Gasteiger partial charge in [0.25, 0.3) is 5.91 Å². The van der Waals surface area contributed by atoms with Crippen LogP contribution in [0.3, 0.4) is 0 Å². The molecule has 3 N–H and O–H groups in total. The lowest BCUT2D eigenvalue weighted by molar-refractivity contribution is 0.0936. The van der Waals surface area contributed by atoms with Crippen LogP contribution in [-0.2, 0) is 0 Å². The standard InChI is InChI=1S/C17H21BrN2O/c1-2-3-4-16(11-19)20-17(21)14-6-5-13-10-15(18)8-7-12(13)9-14/h5-10,16H,2-4,11,19H2,1H3,(H,20,21). The largest absolute Gasteiger partial charge is 0.348 e. The number of nitrogens with two attached hydrogens (primary N) is 1. The Balaban J connectivity index is 2.13. The topological polar surface area (TPSA) is 55.1 Å². The van der Waals surface area contributed by atoms with E-state index in [0.717, 1.165) is 34.5 Å². The number of fused-ring (bicyclic) bond motifs is 1. The van der Waals surface area contributed by atoms with Gasteiger partial charge in [0.05, 0.1) is 0 Å². The molecule has 0 heterocycles. The summed E-state index contributed by atoms with van der Waals surface area (Å²) in [4.78, 5) is 12.3. The first-order valence-electron chi connectivity index (χ1n) is 7.34. The maximum Gasteiger partial charge on any atom is 0.251 e. The van der Waals surface area contributed by atoms with Crippen molar-refractivity contribution >= 4 is 32.6 Å². The first-order valence-corrected chi connectivity index (χ1v) is 8.13. The highest BCUT2D eigenvalue weighted by Gasteiger charge is 2.12. The maximum absolute atomic E-state index is 12.3. The Labute approximate surface area is 134 Å². The minimum atomic E-state index is -0.0497. The van der Waals surface area contributed by atoms with Crippen molar-refractivity contribution in [3.8, 4) is 0 Å². The smallest absolute Gasteiger partial charge is 0.251 e. The number of halogens is 1. The highest BCUT2D eigenvalue weighted by molar-refractivity contribution is 9.10. The zero-order valence-corrected chi connectivity index (χ0v) is 13.8. The van der Waals surface area contributed by atoms with E-state index in [-0.39, 0.29) is 11.9 Å². The molecule has 0 aliphatic rings. The van der Waals surface area contributed by atoms with Gasteiger partial charge in [-0.25, -0.2) is 0 Å². The Morgan fingerprint density at radius 2 is 1.95 bits per heavy atom. The minimum absolute atomic E-state index is 0.0497. The van der Waals surface area contributed by atoms with E-state index in [0.29, 0.717) is 12.1 Å². The van der Waals surface area contributed by atoms with E-state index in [1.54, 1.807) is 0 Å². The molecule has 0 saturated heterocycles. The molecule has 112 valence electrons. The molecule has 1 atom stereocenters. The van der Waals surface area contributed by atoms with Gasteiger partial charge >= 0.3 is 0 Å². The minimum Gasteiger partial charge on any atom is -0.348 e. The summed E-state index contributed by atoms with van der Waals surface area (Å²) in [6.45, 7) is 2.61. The molecule has 21 heavy (non-hydrogen) atoms. The van der Waals surface area contributed by atoms with Gasteiger partial charge in [-0.3, -0.25) is 4.79 Å². The molecular weight excluding hydrogens is 328 g/mol. The van der Waals surface area contributed by atoms with Crippen LogP contribution in [0.5, 0.6) is 0 Å². The Morgan fingerprint density at radius 3 is 2.67 bits per heavy atom. The molecule has 0 aliphatic carbocycles. The number of rotatable bonds is 6. The average molecular weight is 349 g/mol. The van der Waals surface area contributed by atoms with E-state index >= 15 is 0 Å². The van der Waals surface area contributed by atoms with Crippen LogP contribution in [0.15, 0.2) is 40.9 Å². The lowest BCUT2D eigenvalue weighted by Gasteiger charge is -2.16. The highest BCUT2D eigenvalue weighted by Crippen LogP contribution is 2.21. The lowest BCUT2D eigenvalue weighted by Crippen LogP contribution is -2.40. The summed E-state index contributed by atoms with van der Waals surface area (Å²) in [5, 5.41) is 5.19. The quantitative estimate of drug-likeness (QED) is 0.832. The van der Waals surface area contributed by atoms with Crippen molar-refractivity contribution in [2.24, 2.45) is 5.73 Å². The predicted molar refractivity (Wildman–Crippen MR) is 91.5 cm³/mol. The summed E-state index contributed by atoms with van der Waals surface area (Å²) in [5.74, 6) is -0.0497. The fourth-order valence-electron chi connectivity index (χ4n) is 2.33. The van der Waals surface area contributed by atoms with E-state index in [2.05, 4.69) is 28.2 Å². The first kappa shape index (κ1) is 16.0. The van der Waals surface area contributed by atoms with Crippen molar-refractivity contribution in [1.29, 1.82) is 0 Å². The monoisotopic (exact) mass is 348 g/mol. The van der Waals surface area contributed by atoms with Gasteiger partial charge in [0.1, 0.15) is 0 Å². The van der Waals surface area contributed by atoms with Crippen molar-refractivity contribution in [3.63, 3.8) is 0 Å². The van der Waals surface area contributed by atoms with Crippen molar-refractivity contribution < 1.29 is 4.79 Å². The second-order valence-corrected chi connectivity index (χ2v) is 6.17. The van der Waals surface area contributed by atoms with Crippen molar-refractivity contribution in [2.75, 3.05) is 6.54 Å². The summed E-state index contributed by atoms with van der Waals surface area (Å²) < 4.78 is 1.04. The van der Waals surface area contributed by atoms with E-state index in [9.17, 15) is 4.79 Å². The molecule has 1 amide bonds.